The maximum absolute atomic E-state index is 14.3. The highest BCUT2D eigenvalue weighted by Crippen LogP contribution is 2.50. The molecule has 8 heterocycles. The lowest BCUT2D eigenvalue weighted by Crippen LogP contribution is -2.33. The van der Waals surface area contributed by atoms with E-state index in [0.29, 0.717) is 107 Å². The zero-order valence-corrected chi connectivity index (χ0v) is 80.7. The van der Waals surface area contributed by atoms with E-state index in [9.17, 15) is 78.8 Å². The predicted octanol–water partition coefficient (Wildman–Crippen LogP) is 8.73. The second-order valence-electron chi connectivity index (χ2n) is 32.7. The number of aliphatic hydroxyl groups excluding tert-OH is 2. The van der Waals surface area contributed by atoms with Crippen molar-refractivity contribution in [2.75, 3.05) is 96.9 Å². The summed E-state index contributed by atoms with van der Waals surface area (Å²) in [5.74, 6) is -2.83. The molecule has 0 unspecified atom stereocenters. The molecule has 40 nitrogen and oxygen atoms in total. The Kier molecular flexibility index (Phi) is 22.2. The summed E-state index contributed by atoms with van der Waals surface area (Å²) < 4.78 is 397. The first kappa shape index (κ1) is 67.4. The number of halogens is 4. The highest BCUT2D eigenvalue weighted by atomic mass is 32.2. The molecule has 0 radical (unpaired) electrons. The molecule has 8 aliphatic carbocycles. The van der Waals surface area contributed by atoms with Crippen molar-refractivity contribution in [1.29, 1.82) is 0 Å². The highest BCUT2D eigenvalue weighted by Gasteiger charge is 2.51. The van der Waals surface area contributed by atoms with E-state index in [1.54, 1.807) is 83.1 Å². The molecular formula is C96H124F4N24O16S4. The van der Waals surface area contributed by atoms with Crippen LogP contribution in [0.25, 0.3) is 44.7 Å². The van der Waals surface area contributed by atoms with Gasteiger partial charge in [0.25, 0.3) is 0 Å². The van der Waals surface area contributed by atoms with E-state index < -0.39 is 274 Å². The lowest BCUT2D eigenvalue weighted by atomic mass is 10.1. The van der Waals surface area contributed by atoms with Crippen molar-refractivity contribution in [3.8, 4) is 0 Å². The van der Waals surface area contributed by atoms with Crippen LogP contribution in [-0.2, 0) is 18.9 Å². The SMILES string of the molecule is [2H]C([2H])(CC)Sc1nc(N[C@]2([2H])C[C@H]2c2ccc(C)c(F)c2)c2nnn([C@]3([2H])C([2H])([2H])[C@]([2H])(OCCO)[C@@]([2H])(O)[C@@]3([2H])O)c2n1.[2H]C([2H])(CO)O[C@@]1([2H])C([2H])([2H])[C@@]([2H])(n2nnc3c(N[C@]4([2H])C[C@H]4c4ccc(C)c(F)c4)nc(SCCC)nc32)[C@]([2H])(O)[C@]1([2H])O.[2H]C([2H])(O)C([2H])([2H])O[C@@]1([2H])C([2H])([2H])[C@@]([2H])(n2nnc3c(N[C@]4([2H])C[C@H]4c4ccc(C)c(F)c4)nc(SCCC)nc32)[C@]([2H])(O)[C@]1([2H])O.[2H]C([2H])(O)CO[C@@]1([2H])C([2H])([2H])[C@@]([2H])(n2nnc3c(N[C@]4([2H])C[C@H]4c4ccc(C)c(F)c4)nc(SCCC)nc32)[C@]([2H])(O)[C@]1([2H])O. The van der Waals surface area contributed by atoms with Crippen LogP contribution in [0.1, 0.15) is 249 Å². The molecule has 0 amide bonds. The Hall–Kier alpha value is -9.52. The van der Waals surface area contributed by atoms with E-state index in [4.69, 9.17) is 66.3 Å². The molecule has 8 fully saturated rings. The number of ether oxygens (including phenoxy) is 4. The van der Waals surface area contributed by atoms with Gasteiger partial charge in [0.15, 0.2) is 88.6 Å². The first-order valence-electron chi connectivity index (χ1n) is 63.6. The number of hydrogen-bond acceptors (Lipinski definition) is 40. The summed E-state index contributed by atoms with van der Waals surface area (Å²) in [4.78, 5) is 34.6. The number of nitrogens with zero attached hydrogens (tertiary/aromatic N) is 20. The Morgan fingerprint density at radius 3 is 0.896 bits per heavy atom. The van der Waals surface area contributed by atoms with E-state index in [0.717, 1.165) is 35.3 Å². The Morgan fingerprint density at radius 2 is 0.639 bits per heavy atom. The lowest BCUT2D eigenvalue weighted by molar-refractivity contribution is -0.0629. The van der Waals surface area contributed by atoms with Crippen molar-refractivity contribution in [2.45, 2.75) is 298 Å². The van der Waals surface area contributed by atoms with Gasteiger partial charge in [-0.15, -0.1) is 20.4 Å². The minimum absolute atomic E-state index is 0.00435. The topological polar surface area (TPSA) is 554 Å². The Balaban J connectivity index is 0.000000160. The third-order valence-electron chi connectivity index (χ3n) is 22.5. The van der Waals surface area contributed by atoms with Gasteiger partial charge >= 0.3 is 0 Å². The van der Waals surface area contributed by atoms with Gasteiger partial charge in [-0.3, -0.25) is 0 Å². The number of hydrogen-bond donors (Lipinski definition) is 16. The van der Waals surface area contributed by atoms with E-state index in [1.807, 2.05) is 20.8 Å². The third kappa shape index (κ3) is 23.8. The van der Waals surface area contributed by atoms with Crippen LogP contribution < -0.4 is 21.3 Å². The van der Waals surface area contributed by atoms with Crippen LogP contribution in [-0.4, -0.2) is 334 Å². The summed E-state index contributed by atoms with van der Waals surface area (Å²) in [5.41, 5.74) is -1.24. The minimum atomic E-state index is -4.26. The van der Waals surface area contributed by atoms with Crippen LogP contribution in [0.4, 0.5) is 40.8 Å². The van der Waals surface area contributed by atoms with E-state index >= 15 is 0 Å². The van der Waals surface area contributed by atoms with Crippen LogP contribution in [0.2, 0.25) is 0 Å². The van der Waals surface area contributed by atoms with Gasteiger partial charge < -0.3 is 101 Å². The zero-order chi connectivity index (χ0) is 136. The molecule has 20 rings (SSSR count). The monoisotopic (exact) mass is 2110 g/mol. The summed E-state index contributed by atoms with van der Waals surface area (Å²) in [6, 6.07) is -1.93. The fourth-order valence-corrected chi connectivity index (χ4v) is 17.3. The van der Waals surface area contributed by atoms with Crippen molar-refractivity contribution < 1.29 is 150 Å². The second-order valence-corrected chi connectivity index (χ2v) is 36.7. The van der Waals surface area contributed by atoms with Gasteiger partial charge in [-0.05, 0) is 148 Å². The summed E-state index contributed by atoms with van der Waals surface area (Å²) in [6.07, 6.45) is -59.8. The number of thioether (sulfide) groups is 4. The zero-order valence-electron chi connectivity index (χ0n) is 115. The van der Waals surface area contributed by atoms with Gasteiger partial charge in [-0.2, -0.15) is 0 Å². The smallest absolute Gasteiger partial charge is 0.191 e. The van der Waals surface area contributed by atoms with Crippen molar-refractivity contribution in [1.82, 2.24) is 99.8 Å². The van der Waals surface area contributed by atoms with Gasteiger partial charge in [0.2, 0.25) is 0 Å². The van der Waals surface area contributed by atoms with E-state index in [2.05, 4.69) is 107 Å². The van der Waals surface area contributed by atoms with Gasteiger partial charge in [0.05, 0.1) is 139 Å². The summed E-state index contributed by atoms with van der Waals surface area (Å²) >= 11 is 3.89. The predicted molar refractivity (Wildman–Crippen MR) is 530 cm³/mol. The van der Waals surface area contributed by atoms with Gasteiger partial charge in [-0.25, -0.2) is 76.2 Å². The number of aliphatic hydroxyl groups is 12. The minimum Gasteiger partial charge on any atom is -0.394 e. The van der Waals surface area contributed by atoms with Crippen LogP contribution in [0.5, 0.6) is 0 Å². The average Bonchev–Trinajstić information content (AvgIpc) is 1.15. The largest absolute Gasteiger partial charge is 0.394 e. The number of aryl methyl sites for hydroxylation is 4. The molecule has 4 aromatic carbocycles. The number of rotatable bonds is 40. The number of anilines is 4. The summed E-state index contributed by atoms with van der Waals surface area (Å²) in [6.45, 7) is -5.30. The average molecular weight is 2110 g/mol. The third-order valence-corrected chi connectivity index (χ3v) is 26.4. The quantitative estimate of drug-likeness (QED) is 0.00969. The van der Waals surface area contributed by atoms with E-state index in [1.165, 1.54) is 24.3 Å². The summed E-state index contributed by atoms with van der Waals surface area (Å²) in [5, 5.41) is 168. The van der Waals surface area contributed by atoms with Gasteiger partial charge in [0, 0.05) is 110 Å². The normalized spacial score (nSPS) is 43.6. The highest BCUT2D eigenvalue weighted by molar-refractivity contribution is 7.99. The molecule has 0 saturated heterocycles. The number of nitrogens with one attached hydrogen (secondary N) is 4. The first-order valence-corrected chi connectivity index (χ1v) is 48.4. The number of fused-ring (bicyclic) bond motifs is 4. The molecule has 12 aromatic rings. The van der Waals surface area contributed by atoms with Crippen LogP contribution in [0.3, 0.4) is 0 Å². The molecule has 0 aliphatic heterocycles. The number of aromatic nitrogens is 20. The second kappa shape index (κ2) is 47.3. The lowest BCUT2D eigenvalue weighted by Gasteiger charge is -2.17. The Bertz CT molecular complexity index is 8610. The molecule has 48 heteroatoms. The molecule has 16 N–H and O–H groups in total. The Morgan fingerprint density at radius 1 is 0.361 bits per heavy atom. The Labute approximate surface area is 897 Å². The van der Waals surface area contributed by atoms with E-state index in [-0.39, 0.29) is 103 Å². The molecule has 776 valence electrons. The standard InChI is InChI=1S/4C24H31FN6O4S/c4*1-3-8-36-24-27-22(26-16-10-14(16)13-5-4-12(2)15(25)9-13)19-23(28-24)31(30-29-19)17-11-18(35-7-6-32)21(34)20(17)33/h4*4-5,9,14,16-18,20-21,32-34H,3,6-8,10-11H2,1-2H3,(H,26,27,28)/t4*14-,16+,17+,18-,20-,21+/m0000/s1/i6D2,7D2,11D2,16D,17D,18D,20D,21D;8D2,11D2,16D,17D,18D,20D,21D;7D2,11D2,16D,17D,18D,20D,21D;6D2,11D2,16D,17D,18D,20D,21D. The van der Waals surface area contributed by atoms with Crippen LogP contribution in [0, 0.1) is 51.0 Å². The van der Waals surface area contributed by atoms with Crippen molar-refractivity contribution in [2.24, 2.45) is 0 Å². The fourth-order valence-electron chi connectivity index (χ4n) is 14.7. The molecule has 24 atom stereocenters. The van der Waals surface area contributed by atoms with Crippen molar-refractivity contribution in [3.05, 3.63) is 141 Å². The van der Waals surface area contributed by atoms with Crippen molar-refractivity contribution in [3.63, 3.8) is 0 Å². The summed E-state index contributed by atoms with van der Waals surface area (Å²) in [7, 11) is 0. The van der Waals surface area contributed by atoms with Crippen LogP contribution >= 0.6 is 47.0 Å². The molecule has 8 saturated carbocycles. The maximum atomic E-state index is 14.3. The molecule has 0 bridgehead atoms. The van der Waals surface area contributed by atoms with Crippen LogP contribution in [0.15, 0.2) is 93.4 Å². The van der Waals surface area contributed by atoms with Gasteiger partial charge in [-0.1, -0.05) is 144 Å². The fraction of sp³-hybridized carbons (Fsp3) is 0.583. The van der Waals surface area contributed by atoms with Crippen molar-refractivity contribution >= 4 is 115 Å². The molecular weight excluding hydrogens is 1950 g/mol. The molecule has 144 heavy (non-hydrogen) atoms. The maximum Gasteiger partial charge on any atom is 0.191 e. The molecule has 0 spiro atoms. The molecule has 8 aromatic heterocycles. The number of benzene rings is 4. The molecule has 8 aliphatic rings. The first-order chi connectivity index (χ1) is 83.2. The van der Waals surface area contributed by atoms with Gasteiger partial charge in [0.1, 0.15) is 71.9 Å².